The number of carbonyl (C=O) groups is 3. The molecule has 0 saturated carbocycles. The van der Waals surface area contributed by atoms with E-state index >= 15 is 0 Å². The average Bonchev–Trinajstić information content (AvgIpc) is 3.90. The molecule has 5 aromatic rings. The van der Waals surface area contributed by atoms with Crippen molar-refractivity contribution >= 4 is 73.2 Å². The smallest absolute Gasteiger partial charge is 0.405 e. The summed E-state index contributed by atoms with van der Waals surface area (Å²) in [6.45, 7) is 11.0. The molecule has 6 heterocycles. The summed E-state index contributed by atoms with van der Waals surface area (Å²) in [5.41, 5.74) is 0.518. The van der Waals surface area contributed by atoms with Crippen LogP contribution >= 0.6 is 45.9 Å². The van der Waals surface area contributed by atoms with Gasteiger partial charge in [0.2, 0.25) is 9.92 Å². The number of alkyl halides is 1. The molecule has 2 aliphatic heterocycles. The summed E-state index contributed by atoms with van der Waals surface area (Å²) in [7, 11) is 0. The quantitative estimate of drug-likeness (QED) is 0.0729. The summed E-state index contributed by atoms with van der Waals surface area (Å²) in [4.78, 5) is 45.7. The molecule has 2 aliphatic rings. The van der Waals surface area contributed by atoms with Crippen LogP contribution in [0.4, 0.5) is 4.79 Å². The number of fused-ring (bicyclic) bond motifs is 2. The lowest BCUT2D eigenvalue weighted by molar-refractivity contribution is 0.0511. The van der Waals surface area contributed by atoms with Crippen LogP contribution in [0.3, 0.4) is 0 Å². The van der Waals surface area contributed by atoms with E-state index in [1.807, 2.05) is 0 Å². The normalized spacial score (nSPS) is 16.0. The van der Waals surface area contributed by atoms with Crippen LogP contribution in [-0.4, -0.2) is 96.4 Å². The molecular weight excluding hydrogens is 751 g/mol. The van der Waals surface area contributed by atoms with Crippen LogP contribution in [0.2, 0.25) is 0 Å². The Morgan fingerprint density at radius 3 is 1.77 bits per heavy atom. The Morgan fingerprint density at radius 2 is 1.35 bits per heavy atom. The van der Waals surface area contributed by atoms with E-state index in [4.69, 9.17) is 32.7 Å². The van der Waals surface area contributed by atoms with Crippen molar-refractivity contribution in [2.45, 2.75) is 70.4 Å². The minimum absolute atomic E-state index is 0.329. The number of hydrogen-bond donors (Lipinski definition) is 1. The molecule has 2 fully saturated rings. The van der Waals surface area contributed by atoms with E-state index in [1.54, 1.807) is 57.9 Å². The molecule has 7 rings (SSSR count). The maximum atomic E-state index is 11.8. The number of carbonyl (C=O) groups excluding carboxylic acids is 3. The molecule has 52 heavy (non-hydrogen) atoms. The molecular formula is C34H42Cl2N8O6S2. The van der Waals surface area contributed by atoms with Gasteiger partial charge in [-0.25, -0.2) is 33.4 Å². The Morgan fingerprint density at radius 1 is 0.846 bits per heavy atom. The Balaban J connectivity index is 0.000000176. The zero-order valence-electron chi connectivity index (χ0n) is 29.2. The van der Waals surface area contributed by atoms with Gasteiger partial charge in [-0.15, -0.1) is 0 Å². The van der Waals surface area contributed by atoms with Crippen molar-refractivity contribution < 1.29 is 28.6 Å². The second-order valence-electron chi connectivity index (χ2n) is 12.0. The summed E-state index contributed by atoms with van der Waals surface area (Å²) in [6.07, 6.45) is 7.75. The number of ether oxygens (including phenoxy) is 3. The van der Waals surface area contributed by atoms with Crippen molar-refractivity contribution in [3.05, 3.63) is 69.7 Å². The molecule has 0 amide bonds. The number of aromatic nitrogens is 6. The Bertz CT molecular complexity index is 1840. The number of hydrogen-bond acceptors (Lipinski definition) is 14. The zero-order chi connectivity index (χ0) is 37.0. The molecule has 1 unspecified atom stereocenters. The van der Waals surface area contributed by atoms with Gasteiger partial charge in [0.25, 0.3) is 0 Å². The Labute approximate surface area is 319 Å². The summed E-state index contributed by atoms with van der Waals surface area (Å²) >= 11 is 13.0. The van der Waals surface area contributed by atoms with E-state index < -0.39 is 11.0 Å². The minimum Gasteiger partial charge on any atom is -0.461 e. The number of benzene rings is 1. The SMILES string of the molecule is CC(Cl)OC(=O)Cl.CCOC(=O)c1cn2nc(C3CCN(Cc4ccccc4)CC3)sc2n1.CCOC(=O)c1cn2nc(C3CCNCC3)sc2n1. The first-order valence-corrected chi connectivity index (χ1v) is 19.6. The van der Waals surface area contributed by atoms with Gasteiger partial charge < -0.3 is 19.5 Å². The molecule has 1 N–H and O–H groups in total. The van der Waals surface area contributed by atoms with Crippen LogP contribution in [0.25, 0.3) is 9.92 Å². The highest BCUT2D eigenvalue weighted by Crippen LogP contribution is 2.32. The van der Waals surface area contributed by atoms with E-state index in [-0.39, 0.29) is 11.9 Å². The number of likely N-dealkylation sites (tertiary alicyclic amines) is 1. The molecule has 0 radical (unpaired) electrons. The van der Waals surface area contributed by atoms with Crippen molar-refractivity contribution in [3.63, 3.8) is 0 Å². The predicted molar refractivity (Wildman–Crippen MR) is 200 cm³/mol. The second kappa shape index (κ2) is 19.4. The van der Waals surface area contributed by atoms with Crippen LogP contribution in [-0.2, 0) is 20.8 Å². The van der Waals surface area contributed by atoms with E-state index in [0.29, 0.717) is 36.4 Å². The Hall–Kier alpha value is -3.67. The molecule has 14 nitrogen and oxygen atoms in total. The number of halogens is 2. The lowest BCUT2D eigenvalue weighted by Crippen LogP contribution is -2.32. The van der Waals surface area contributed by atoms with Crippen LogP contribution in [0.15, 0.2) is 42.7 Å². The number of piperidine rings is 2. The van der Waals surface area contributed by atoms with Gasteiger partial charge in [-0.1, -0.05) is 64.6 Å². The third-order valence-electron chi connectivity index (χ3n) is 8.22. The Kier molecular flexibility index (Phi) is 14.8. The maximum Gasteiger partial charge on any atom is 0.405 e. The fourth-order valence-corrected chi connectivity index (χ4v) is 8.10. The minimum atomic E-state index is -0.873. The lowest BCUT2D eigenvalue weighted by atomic mass is 9.97. The fraction of sp³-hybridized carbons (Fsp3) is 0.500. The molecule has 2 saturated heterocycles. The molecule has 0 aliphatic carbocycles. The molecule has 0 spiro atoms. The molecule has 1 atom stereocenters. The first-order valence-electron chi connectivity index (χ1n) is 17.2. The third-order valence-corrected chi connectivity index (χ3v) is 10.6. The highest BCUT2D eigenvalue weighted by Gasteiger charge is 2.25. The number of nitrogens with one attached hydrogen (secondary N) is 1. The van der Waals surface area contributed by atoms with Crippen molar-refractivity contribution in [3.8, 4) is 0 Å². The summed E-state index contributed by atoms with van der Waals surface area (Å²) in [6, 6.07) is 10.6. The van der Waals surface area contributed by atoms with Crippen LogP contribution in [0, 0.1) is 0 Å². The van der Waals surface area contributed by atoms with Crippen LogP contribution < -0.4 is 5.32 Å². The first-order chi connectivity index (χ1) is 25.1. The number of rotatable bonds is 9. The highest BCUT2D eigenvalue weighted by molar-refractivity contribution is 7.17. The molecule has 1 aromatic carbocycles. The van der Waals surface area contributed by atoms with Crippen molar-refractivity contribution in [2.75, 3.05) is 39.4 Å². The molecule has 18 heteroatoms. The fourth-order valence-electron chi connectivity index (χ4n) is 5.74. The topological polar surface area (TPSA) is 155 Å². The van der Waals surface area contributed by atoms with Crippen molar-refractivity contribution in [1.29, 1.82) is 0 Å². The van der Waals surface area contributed by atoms with Gasteiger partial charge >= 0.3 is 17.4 Å². The number of nitrogens with zero attached hydrogens (tertiary/aromatic N) is 7. The summed E-state index contributed by atoms with van der Waals surface area (Å²) < 4.78 is 17.5. The zero-order valence-corrected chi connectivity index (χ0v) is 32.3. The standard InChI is InChI=1S/C19H22N4O2S.C12H16N4O2S.C3H4Cl2O2/c1-2-25-18(24)16-13-23-19(20-16)26-17(21-23)15-8-10-22(11-9-15)12-14-6-4-3-5-7-14;1-2-18-11(17)9-7-16-12(14-9)19-10(15-16)8-3-5-13-6-4-8;1-2(4)7-3(5)6/h3-7,13,15H,2,8-12H2,1H3;7-8,13H,2-6H2,1H3;2H,1H3. The summed E-state index contributed by atoms with van der Waals surface area (Å²) in [5.74, 6) is 0.211. The van der Waals surface area contributed by atoms with Gasteiger partial charge in [0.15, 0.2) is 17.0 Å². The van der Waals surface area contributed by atoms with E-state index in [2.05, 4.69) is 65.5 Å². The molecule has 4 aromatic heterocycles. The van der Waals surface area contributed by atoms with E-state index in [9.17, 15) is 14.4 Å². The lowest BCUT2D eigenvalue weighted by Gasteiger charge is -2.30. The highest BCUT2D eigenvalue weighted by atomic mass is 35.5. The predicted octanol–water partition coefficient (Wildman–Crippen LogP) is 6.73. The largest absolute Gasteiger partial charge is 0.461 e. The molecule has 0 bridgehead atoms. The van der Waals surface area contributed by atoms with E-state index in [0.717, 1.165) is 78.3 Å². The van der Waals surface area contributed by atoms with Crippen molar-refractivity contribution in [2.24, 2.45) is 0 Å². The van der Waals surface area contributed by atoms with Crippen LogP contribution in [0.1, 0.15) is 94.8 Å². The van der Waals surface area contributed by atoms with Gasteiger partial charge in [-0.2, -0.15) is 10.2 Å². The van der Waals surface area contributed by atoms with Gasteiger partial charge in [-0.05, 0) is 78.2 Å². The average molecular weight is 794 g/mol. The number of imidazole rings is 2. The number of esters is 2. The van der Waals surface area contributed by atoms with Gasteiger partial charge in [0.1, 0.15) is 10.0 Å². The molecule has 280 valence electrons. The summed E-state index contributed by atoms with van der Waals surface area (Å²) in [5, 5.41) is 14.8. The third kappa shape index (κ3) is 11.2. The van der Waals surface area contributed by atoms with E-state index in [1.165, 1.54) is 12.5 Å². The monoisotopic (exact) mass is 792 g/mol. The van der Waals surface area contributed by atoms with Gasteiger partial charge in [-0.3, -0.25) is 4.90 Å². The van der Waals surface area contributed by atoms with Gasteiger partial charge in [0, 0.05) is 30.0 Å². The first kappa shape index (κ1) is 39.5. The van der Waals surface area contributed by atoms with Gasteiger partial charge in [0.05, 0.1) is 25.6 Å². The maximum absolute atomic E-state index is 11.8. The van der Waals surface area contributed by atoms with Crippen LogP contribution in [0.5, 0.6) is 0 Å². The van der Waals surface area contributed by atoms with Crippen molar-refractivity contribution in [1.82, 2.24) is 39.4 Å². The second-order valence-corrected chi connectivity index (χ2v) is 14.9.